The van der Waals surface area contributed by atoms with Gasteiger partial charge in [0.1, 0.15) is 5.82 Å². The molecule has 0 saturated heterocycles. The molecule has 6 heteroatoms. The third-order valence-electron chi connectivity index (χ3n) is 3.01. The summed E-state index contributed by atoms with van der Waals surface area (Å²) in [4.78, 5) is 3.91. The molecule has 0 saturated carbocycles. The first-order chi connectivity index (χ1) is 9.49. The fourth-order valence-corrected chi connectivity index (χ4v) is 2.96. The van der Waals surface area contributed by atoms with Gasteiger partial charge < -0.3 is 5.73 Å². The first kappa shape index (κ1) is 14.5. The van der Waals surface area contributed by atoms with E-state index in [0.29, 0.717) is 6.54 Å². The first-order valence-electron chi connectivity index (χ1n) is 6.25. The fourth-order valence-electron chi connectivity index (χ4n) is 1.81. The van der Waals surface area contributed by atoms with E-state index in [1.807, 2.05) is 37.3 Å². The number of hydrogen-bond acceptors (Lipinski definition) is 4. The van der Waals surface area contributed by atoms with Crippen molar-refractivity contribution in [3.8, 4) is 0 Å². The second-order valence-electron chi connectivity index (χ2n) is 4.58. The van der Waals surface area contributed by atoms with Crippen molar-refractivity contribution in [2.24, 2.45) is 0 Å². The highest BCUT2D eigenvalue weighted by Gasteiger charge is 2.16. The van der Waals surface area contributed by atoms with Gasteiger partial charge in [-0.05, 0) is 17.5 Å². The van der Waals surface area contributed by atoms with Crippen molar-refractivity contribution in [3.63, 3.8) is 0 Å². The SMILES string of the molecule is CC(CNS(=O)(=O)c1ccnc(N)c1)c1ccccc1. The topological polar surface area (TPSA) is 85.1 Å². The molecule has 1 aromatic carbocycles. The standard InChI is InChI=1S/C14H17N3O2S/c1-11(12-5-3-2-4-6-12)10-17-20(18,19)13-7-8-16-14(15)9-13/h2-9,11,17H,10H2,1H3,(H2,15,16). The number of nitrogens with one attached hydrogen (secondary N) is 1. The van der Waals surface area contributed by atoms with E-state index in [-0.39, 0.29) is 16.6 Å². The molecule has 0 spiro atoms. The normalized spacial score (nSPS) is 13.1. The highest BCUT2D eigenvalue weighted by atomic mass is 32.2. The molecular weight excluding hydrogens is 274 g/mol. The Hall–Kier alpha value is -1.92. The highest BCUT2D eigenvalue weighted by Crippen LogP contribution is 2.15. The number of aromatic nitrogens is 1. The Bertz CT molecular complexity index is 672. The summed E-state index contributed by atoms with van der Waals surface area (Å²) in [6.45, 7) is 2.30. The molecule has 1 unspecified atom stereocenters. The number of hydrogen-bond donors (Lipinski definition) is 2. The predicted octanol–water partition coefficient (Wildman–Crippen LogP) is 1.75. The van der Waals surface area contributed by atoms with Crippen LogP contribution in [0.4, 0.5) is 5.82 Å². The molecule has 5 nitrogen and oxygen atoms in total. The van der Waals surface area contributed by atoms with Gasteiger partial charge in [0, 0.05) is 18.8 Å². The van der Waals surface area contributed by atoms with Gasteiger partial charge >= 0.3 is 0 Å². The second-order valence-corrected chi connectivity index (χ2v) is 6.35. The summed E-state index contributed by atoms with van der Waals surface area (Å²) < 4.78 is 26.8. The summed E-state index contributed by atoms with van der Waals surface area (Å²) in [5, 5.41) is 0. The summed E-state index contributed by atoms with van der Waals surface area (Å²) in [5.41, 5.74) is 6.59. The van der Waals surface area contributed by atoms with E-state index >= 15 is 0 Å². The van der Waals surface area contributed by atoms with Crippen LogP contribution in [0.1, 0.15) is 18.4 Å². The third kappa shape index (κ3) is 3.55. The molecule has 0 bridgehead atoms. The van der Waals surface area contributed by atoms with E-state index in [1.165, 1.54) is 18.3 Å². The lowest BCUT2D eigenvalue weighted by Crippen LogP contribution is -2.27. The predicted molar refractivity (Wildman–Crippen MR) is 78.7 cm³/mol. The number of nitrogens with zero attached hydrogens (tertiary/aromatic N) is 1. The Morgan fingerprint density at radius 3 is 2.60 bits per heavy atom. The van der Waals surface area contributed by atoms with Gasteiger partial charge in [0.15, 0.2) is 0 Å². The molecular formula is C14H17N3O2S. The molecule has 0 aliphatic carbocycles. The minimum atomic E-state index is -3.56. The summed E-state index contributed by atoms with van der Waals surface area (Å²) in [6.07, 6.45) is 1.38. The number of benzene rings is 1. The van der Waals surface area contributed by atoms with Gasteiger partial charge in [0.2, 0.25) is 10.0 Å². The molecule has 20 heavy (non-hydrogen) atoms. The van der Waals surface area contributed by atoms with Crippen LogP contribution in [0.15, 0.2) is 53.6 Å². The summed E-state index contributed by atoms with van der Waals surface area (Å²) in [6, 6.07) is 12.5. The van der Waals surface area contributed by atoms with Crippen molar-refractivity contribution in [1.29, 1.82) is 0 Å². The number of nitrogens with two attached hydrogens (primary N) is 1. The maximum absolute atomic E-state index is 12.1. The first-order valence-corrected chi connectivity index (χ1v) is 7.73. The molecule has 0 aliphatic rings. The van der Waals surface area contributed by atoms with Crippen LogP contribution < -0.4 is 10.5 Å². The Morgan fingerprint density at radius 1 is 1.25 bits per heavy atom. The zero-order valence-electron chi connectivity index (χ0n) is 11.2. The van der Waals surface area contributed by atoms with Gasteiger partial charge in [0.05, 0.1) is 4.90 Å². The summed E-state index contributed by atoms with van der Waals surface area (Å²) >= 11 is 0. The van der Waals surface area contributed by atoms with Gasteiger partial charge in [-0.25, -0.2) is 18.1 Å². The van der Waals surface area contributed by atoms with E-state index < -0.39 is 10.0 Å². The number of rotatable bonds is 5. The highest BCUT2D eigenvalue weighted by molar-refractivity contribution is 7.89. The Kier molecular flexibility index (Phi) is 4.36. The number of sulfonamides is 1. The lowest BCUT2D eigenvalue weighted by molar-refractivity contribution is 0.575. The van der Waals surface area contributed by atoms with Crippen LogP contribution in [-0.2, 0) is 10.0 Å². The van der Waals surface area contributed by atoms with Crippen LogP contribution in [0.3, 0.4) is 0 Å². The minimum Gasteiger partial charge on any atom is -0.384 e. The second kappa shape index (κ2) is 6.02. The Labute approximate surface area is 118 Å². The quantitative estimate of drug-likeness (QED) is 0.878. The Morgan fingerprint density at radius 2 is 1.95 bits per heavy atom. The lowest BCUT2D eigenvalue weighted by Gasteiger charge is -2.13. The van der Waals surface area contributed by atoms with Crippen LogP contribution in [0.25, 0.3) is 0 Å². The molecule has 1 heterocycles. The zero-order chi connectivity index (χ0) is 14.6. The number of nitrogen functional groups attached to an aromatic ring is 1. The van der Waals surface area contributed by atoms with E-state index in [9.17, 15) is 8.42 Å². The zero-order valence-corrected chi connectivity index (χ0v) is 12.0. The van der Waals surface area contributed by atoms with Crippen LogP contribution in [0.2, 0.25) is 0 Å². The smallest absolute Gasteiger partial charge is 0.240 e. The van der Waals surface area contributed by atoms with Crippen LogP contribution in [0.5, 0.6) is 0 Å². The van der Waals surface area contributed by atoms with Crippen LogP contribution in [0, 0.1) is 0 Å². The molecule has 1 atom stereocenters. The largest absolute Gasteiger partial charge is 0.384 e. The van der Waals surface area contributed by atoms with Crippen molar-refractivity contribution in [1.82, 2.24) is 9.71 Å². The van der Waals surface area contributed by atoms with E-state index in [2.05, 4.69) is 9.71 Å². The van der Waals surface area contributed by atoms with Gasteiger partial charge in [-0.15, -0.1) is 0 Å². The molecule has 0 radical (unpaired) electrons. The average Bonchev–Trinajstić information content (AvgIpc) is 2.46. The molecule has 3 N–H and O–H groups in total. The van der Waals surface area contributed by atoms with Gasteiger partial charge in [-0.3, -0.25) is 0 Å². The van der Waals surface area contributed by atoms with Crippen molar-refractivity contribution in [2.75, 3.05) is 12.3 Å². The average molecular weight is 291 g/mol. The van der Waals surface area contributed by atoms with Crippen molar-refractivity contribution < 1.29 is 8.42 Å². The minimum absolute atomic E-state index is 0.0881. The number of pyridine rings is 1. The van der Waals surface area contributed by atoms with Crippen LogP contribution in [-0.4, -0.2) is 19.9 Å². The fraction of sp³-hybridized carbons (Fsp3) is 0.214. The summed E-state index contributed by atoms with van der Waals surface area (Å²) in [7, 11) is -3.56. The molecule has 106 valence electrons. The molecule has 2 aromatic rings. The summed E-state index contributed by atoms with van der Waals surface area (Å²) in [5.74, 6) is 0.272. The molecule has 0 fully saturated rings. The molecule has 2 rings (SSSR count). The van der Waals surface area contributed by atoms with Crippen molar-refractivity contribution in [3.05, 3.63) is 54.2 Å². The van der Waals surface area contributed by atoms with E-state index in [4.69, 9.17) is 5.73 Å². The van der Waals surface area contributed by atoms with Gasteiger partial charge in [0.25, 0.3) is 0 Å². The third-order valence-corrected chi connectivity index (χ3v) is 4.43. The maximum atomic E-state index is 12.1. The maximum Gasteiger partial charge on any atom is 0.240 e. The van der Waals surface area contributed by atoms with Crippen LogP contribution >= 0.6 is 0 Å². The van der Waals surface area contributed by atoms with E-state index in [1.54, 1.807) is 0 Å². The van der Waals surface area contributed by atoms with Crippen molar-refractivity contribution >= 4 is 15.8 Å². The lowest BCUT2D eigenvalue weighted by atomic mass is 10.0. The molecule has 1 aromatic heterocycles. The monoisotopic (exact) mass is 291 g/mol. The van der Waals surface area contributed by atoms with Gasteiger partial charge in [-0.2, -0.15) is 0 Å². The molecule has 0 amide bonds. The Balaban J connectivity index is 2.07. The molecule has 0 aliphatic heterocycles. The van der Waals surface area contributed by atoms with Gasteiger partial charge in [-0.1, -0.05) is 37.3 Å². The van der Waals surface area contributed by atoms with E-state index in [0.717, 1.165) is 5.56 Å². The number of anilines is 1. The van der Waals surface area contributed by atoms with Crippen molar-refractivity contribution in [2.45, 2.75) is 17.7 Å².